The zero-order valence-electron chi connectivity index (χ0n) is 8.76. The summed E-state index contributed by atoms with van der Waals surface area (Å²) in [4.78, 5) is 5.57. The van der Waals surface area contributed by atoms with Crippen LogP contribution in [-0.2, 0) is 9.57 Å². The van der Waals surface area contributed by atoms with E-state index in [1.54, 1.807) is 0 Å². The van der Waals surface area contributed by atoms with Crippen LogP contribution in [0.25, 0.3) is 0 Å². The van der Waals surface area contributed by atoms with E-state index >= 15 is 0 Å². The highest BCUT2D eigenvalue weighted by Crippen LogP contribution is 2.45. The second-order valence-corrected chi connectivity index (χ2v) is 10.1. The molecule has 0 aliphatic carbocycles. The number of rotatable bonds is 1. The van der Waals surface area contributed by atoms with Crippen LogP contribution in [-0.4, -0.2) is 25.8 Å². The van der Waals surface area contributed by atoms with E-state index in [0.717, 1.165) is 18.7 Å². The van der Waals surface area contributed by atoms with Crippen molar-refractivity contribution in [1.29, 1.82) is 0 Å². The quantitative estimate of drug-likeness (QED) is 0.605. The summed E-state index contributed by atoms with van der Waals surface area (Å²) in [6, 6.07) is 0. The highest BCUT2D eigenvalue weighted by Gasteiger charge is 2.60. The Bertz CT molecular complexity index is 259. The van der Waals surface area contributed by atoms with Crippen LogP contribution in [0.1, 0.15) is 13.3 Å². The Morgan fingerprint density at radius 2 is 2.15 bits per heavy atom. The average Bonchev–Trinajstić information content (AvgIpc) is 2.51. The van der Waals surface area contributed by atoms with Gasteiger partial charge in [-0.15, -0.1) is 0 Å². The van der Waals surface area contributed by atoms with E-state index in [2.05, 4.69) is 24.8 Å². The molecule has 13 heavy (non-hydrogen) atoms. The third kappa shape index (κ3) is 1.08. The van der Waals surface area contributed by atoms with Gasteiger partial charge in [0.15, 0.2) is 0 Å². The predicted octanol–water partition coefficient (Wildman–Crippen LogP) is 2.00. The molecule has 0 amide bonds. The molecule has 0 N–H and O–H groups in total. The van der Waals surface area contributed by atoms with E-state index in [9.17, 15) is 0 Å². The minimum absolute atomic E-state index is 0.350. The van der Waals surface area contributed by atoms with Gasteiger partial charge in [-0.3, -0.25) is 0 Å². The van der Waals surface area contributed by atoms with Crippen LogP contribution >= 0.6 is 0 Å². The van der Waals surface area contributed by atoms with Crippen molar-refractivity contribution in [2.24, 2.45) is 11.1 Å². The molecule has 0 unspecified atom stereocenters. The first kappa shape index (κ1) is 9.21. The van der Waals surface area contributed by atoms with Crippen molar-refractivity contribution in [2.45, 2.75) is 38.4 Å². The van der Waals surface area contributed by atoms with Crippen LogP contribution in [0.5, 0.6) is 0 Å². The van der Waals surface area contributed by atoms with Crippen LogP contribution < -0.4 is 0 Å². The highest BCUT2D eigenvalue weighted by atomic mass is 28.3. The summed E-state index contributed by atoms with van der Waals surface area (Å²) in [5.41, 5.74) is 0.761. The Morgan fingerprint density at radius 3 is 2.69 bits per heavy atom. The molecule has 4 heteroatoms. The molecular formula is C9H17NO2Si. The van der Waals surface area contributed by atoms with Gasteiger partial charge in [0.2, 0.25) is 5.41 Å². The summed E-state index contributed by atoms with van der Waals surface area (Å²) >= 11 is 0. The summed E-state index contributed by atoms with van der Waals surface area (Å²) in [6.45, 7) is 9.70. The first-order valence-corrected chi connectivity index (χ1v) is 8.34. The number of hydrogen-bond acceptors (Lipinski definition) is 3. The van der Waals surface area contributed by atoms with Crippen LogP contribution in [0.3, 0.4) is 0 Å². The lowest BCUT2D eigenvalue weighted by atomic mass is 10.0. The van der Waals surface area contributed by atoms with Crippen molar-refractivity contribution in [3.05, 3.63) is 0 Å². The van der Waals surface area contributed by atoms with Gasteiger partial charge in [0.25, 0.3) is 0 Å². The lowest BCUT2D eigenvalue weighted by molar-refractivity contribution is -0.153. The Kier molecular flexibility index (Phi) is 1.82. The molecule has 1 fully saturated rings. The van der Waals surface area contributed by atoms with Gasteiger partial charge in [-0.1, -0.05) is 24.8 Å². The van der Waals surface area contributed by atoms with E-state index in [4.69, 9.17) is 9.57 Å². The maximum absolute atomic E-state index is 5.82. The minimum Gasteiger partial charge on any atom is -0.365 e. The molecule has 2 rings (SSSR count). The summed E-state index contributed by atoms with van der Waals surface area (Å²) in [5, 5.41) is 4.09. The molecule has 0 radical (unpaired) electrons. The van der Waals surface area contributed by atoms with Crippen molar-refractivity contribution < 1.29 is 9.57 Å². The number of fused-ring (bicyclic) bond motifs is 1. The normalized spacial score (nSPS) is 38.5. The lowest BCUT2D eigenvalue weighted by Gasteiger charge is -2.36. The molecular weight excluding hydrogens is 182 g/mol. The molecule has 0 bridgehead atoms. The van der Waals surface area contributed by atoms with Gasteiger partial charge in [-0.2, -0.15) is 0 Å². The molecule has 0 aromatic carbocycles. The average molecular weight is 199 g/mol. The molecule has 0 aromatic heterocycles. The number of nitrogens with zero attached hydrogens (tertiary/aromatic N) is 1. The van der Waals surface area contributed by atoms with E-state index in [1.807, 2.05) is 6.92 Å². The maximum atomic E-state index is 5.82. The van der Waals surface area contributed by atoms with E-state index < -0.39 is 8.07 Å². The summed E-state index contributed by atoms with van der Waals surface area (Å²) in [7, 11) is -1.48. The van der Waals surface area contributed by atoms with Crippen LogP contribution in [0.15, 0.2) is 5.16 Å². The number of oxime groups is 1. The second-order valence-electron chi connectivity index (χ2n) is 4.93. The molecule has 2 heterocycles. The second kappa shape index (κ2) is 2.57. The first-order chi connectivity index (χ1) is 5.97. The topological polar surface area (TPSA) is 30.8 Å². The van der Waals surface area contributed by atoms with Gasteiger partial charge in [-0.25, -0.2) is 0 Å². The molecule has 0 aromatic rings. The Morgan fingerprint density at radius 1 is 1.46 bits per heavy atom. The van der Waals surface area contributed by atoms with Crippen molar-refractivity contribution in [2.75, 3.05) is 6.61 Å². The molecule has 74 valence electrons. The third-order valence-corrected chi connectivity index (χ3v) is 5.73. The fourth-order valence-electron chi connectivity index (χ4n) is 2.27. The highest BCUT2D eigenvalue weighted by molar-refractivity contribution is 6.79. The SMILES string of the molecule is CC1=NO[C@]2([Si](C)(C)C)OCC[C@H]12. The molecule has 2 aliphatic heterocycles. The molecule has 1 saturated heterocycles. The zero-order valence-corrected chi connectivity index (χ0v) is 9.76. The van der Waals surface area contributed by atoms with Crippen molar-refractivity contribution in [3.63, 3.8) is 0 Å². The van der Waals surface area contributed by atoms with Crippen LogP contribution in [0, 0.1) is 5.92 Å². The summed E-state index contributed by atoms with van der Waals surface area (Å²) in [6.07, 6.45) is 1.07. The molecule has 0 saturated carbocycles. The summed E-state index contributed by atoms with van der Waals surface area (Å²) < 4.78 is 5.82. The monoisotopic (exact) mass is 199 g/mol. The van der Waals surface area contributed by atoms with Gasteiger partial charge < -0.3 is 9.57 Å². The smallest absolute Gasteiger partial charge is 0.224 e. The lowest BCUT2D eigenvalue weighted by Crippen LogP contribution is -2.56. The van der Waals surface area contributed by atoms with E-state index in [-0.39, 0.29) is 5.41 Å². The van der Waals surface area contributed by atoms with Crippen LogP contribution in [0.4, 0.5) is 0 Å². The fourth-order valence-corrected chi connectivity index (χ4v) is 4.53. The minimum atomic E-state index is -1.48. The molecule has 2 aliphatic rings. The zero-order chi connectivity index (χ0) is 9.69. The standard InChI is InChI=1S/C9H17NO2Si/c1-7-8-5-6-11-9(8,12-10-7)13(2,3)4/h8H,5-6H2,1-4H3/t8-,9-/m1/s1. The number of hydrogen-bond donors (Lipinski definition) is 0. The fraction of sp³-hybridized carbons (Fsp3) is 0.889. The molecule has 0 spiro atoms. The Balaban J connectivity index is 2.34. The van der Waals surface area contributed by atoms with Crippen molar-refractivity contribution in [3.8, 4) is 0 Å². The summed E-state index contributed by atoms with van der Waals surface area (Å²) in [5.74, 6) is 0.416. The van der Waals surface area contributed by atoms with Gasteiger partial charge in [0, 0.05) is 0 Å². The maximum Gasteiger partial charge on any atom is 0.224 e. The molecule has 3 nitrogen and oxygen atoms in total. The number of ether oxygens (including phenoxy) is 1. The van der Waals surface area contributed by atoms with Crippen molar-refractivity contribution in [1.82, 2.24) is 0 Å². The van der Waals surface area contributed by atoms with Gasteiger partial charge >= 0.3 is 0 Å². The molecule has 2 atom stereocenters. The van der Waals surface area contributed by atoms with Gasteiger partial charge in [-0.05, 0) is 13.3 Å². The third-order valence-electron chi connectivity index (χ3n) is 3.06. The largest absolute Gasteiger partial charge is 0.365 e. The Hall–Kier alpha value is -0.353. The van der Waals surface area contributed by atoms with Crippen molar-refractivity contribution >= 4 is 13.8 Å². The Labute approximate surface area is 80.1 Å². The first-order valence-electron chi connectivity index (χ1n) is 4.84. The van der Waals surface area contributed by atoms with E-state index in [0.29, 0.717) is 5.92 Å². The van der Waals surface area contributed by atoms with E-state index in [1.165, 1.54) is 0 Å². The van der Waals surface area contributed by atoms with Crippen LogP contribution in [0.2, 0.25) is 19.6 Å². The van der Waals surface area contributed by atoms with Gasteiger partial charge in [0.1, 0.15) is 8.07 Å². The predicted molar refractivity (Wildman–Crippen MR) is 54.3 cm³/mol. The van der Waals surface area contributed by atoms with Gasteiger partial charge in [0.05, 0.1) is 18.2 Å².